The van der Waals surface area contributed by atoms with Gasteiger partial charge in [-0.1, -0.05) is 18.2 Å². The number of urea groups is 1. The summed E-state index contributed by atoms with van der Waals surface area (Å²) in [6.45, 7) is 1.94. The summed E-state index contributed by atoms with van der Waals surface area (Å²) in [5, 5.41) is 5.49. The van der Waals surface area contributed by atoms with E-state index < -0.39 is 0 Å². The maximum Gasteiger partial charge on any atom is 0.323 e. The number of carbonyl (C=O) groups is 1. The number of hydrogen-bond acceptors (Lipinski definition) is 2. The summed E-state index contributed by atoms with van der Waals surface area (Å²) >= 11 is 0. The van der Waals surface area contributed by atoms with Crippen LogP contribution in [0.3, 0.4) is 0 Å². The van der Waals surface area contributed by atoms with Gasteiger partial charge in [-0.05, 0) is 30.7 Å². The Hall–Kier alpha value is -2.36. The molecule has 0 radical (unpaired) electrons. The summed E-state index contributed by atoms with van der Waals surface area (Å²) in [6.07, 6.45) is 3.25. The first-order valence-electron chi connectivity index (χ1n) is 5.29. The molecule has 2 aromatic rings. The molecule has 0 spiro atoms. The van der Waals surface area contributed by atoms with Crippen LogP contribution in [0.25, 0.3) is 0 Å². The Morgan fingerprint density at radius 3 is 2.65 bits per heavy atom. The lowest BCUT2D eigenvalue weighted by molar-refractivity contribution is 0.262. The molecular weight excluding hydrogens is 214 g/mol. The van der Waals surface area contributed by atoms with E-state index in [-0.39, 0.29) is 6.03 Å². The summed E-state index contributed by atoms with van der Waals surface area (Å²) in [5.74, 6) is 0. The second-order valence-corrected chi connectivity index (χ2v) is 3.64. The number of pyridine rings is 1. The lowest BCUT2D eigenvalue weighted by Crippen LogP contribution is -2.19. The van der Waals surface area contributed by atoms with E-state index in [2.05, 4.69) is 15.6 Å². The van der Waals surface area contributed by atoms with Gasteiger partial charge in [0.15, 0.2) is 0 Å². The fraction of sp³-hybridized carbons (Fsp3) is 0.0769. The third-order valence-electron chi connectivity index (χ3n) is 2.31. The quantitative estimate of drug-likeness (QED) is 0.828. The Bertz CT molecular complexity index is 511. The van der Waals surface area contributed by atoms with E-state index >= 15 is 0 Å². The van der Waals surface area contributed by atoms with Crippen LogP contribution in [0.2, 0.25) is 0 Å². The molecule has 0 bridgehead atoms. The monoisotopic (exact) mass is 227 g/mol. The lowest BCUT2D eigenvalue weighted by atomic mass is 10.2. The van der Waals surface area contributed by atoms with Crippen molar-refractivity contribution in [3.63, 3.8) is 0 Å². The van der Waals surface area contributed by atoms with Gasteiger partial charge in [-0.25, -0.2) is 4.79 Å². The number of benzene rings is 1. The lowest BCUT2D eigenvalue weighted by Gasteiger charge is -2.09. The van der Waals surface area contributed by atoms with Crippen LogP contribution < -0.4 is 10.6 Å². The molecule has 0 unspecified atom stereocenters. The third kappa shape index (κ3) is 3.04. The molecule has 0 saturated heterocycles. The highest BCUT2D eigenvalue weighted by atomic mass is 16.2. The Morgan fingerprint density at radius 2 is 1.94 bits per heavy atom. The van der Waals surface area contributed by atoms with Crippen molar-refractivity contribution in [2.75, 3.05) is 10.6 Å². The summed E-state index contributed by atoms with van der Waals surface area (Å²) < 4.78 is 0. The standard InChI is InChI=1S/C13H13N3O/c1-10-5-2-3-7-12(10)16-13(17)15-11-6-4-8-14-9-11/h2-9H,1H3,(H2,15,16,17). The molecule has 0 saturated carbocycles. The molecule has 4 heteroatoms. The minimum Gasteiger partial charge on any atom is -0.307 e. The summed E-state index contributed by atoms with van der Waals surface area (Å²) in [6, 6.07) is 10.9. The van der Waals surface area contributed by atoms with Crippen LogP contribution in [-0.2, 0) is 0 Å². The summed E-state index contributed by atoms with van der Waals surface area (Å²) in [5.41, 5.74) is 2.49. The molecule has 0 aliphatic rings. The first-order valence-corrected chi connectivity index (χ1v) is 5.29. The molecule has 0 fully saturated rings. The highest BCUT2D eigenvalue weighted by molar-refractivity contribution is 6.00. The fourth-order valence-corrected chi connectivity index (χ4v) is 1.43. The van der Waals surface area contributed by atoms with E-state index in [9.17, 15) is 4.79 Å². The first kappa shape index (κ1) is 11.1. The Kier molecular flexibility index (Phi) is 3.35. The smallest absolute Gasteiger partial charge is 0.307 e. The zero-order valence-electron chi connectivity index (χ0n) is 9.47. The number of rotatable bonds is 2. The minimum atomic E-state index is -0.271. The summed E-state index contributed by atoms with van der Waals surface area (Å²) in [7, 11) is 0. The number of nitrogens with one attached hydrogen (secondary N) is 2. The number of aromatic nitrogens is 1. The summed E-state index contributed by atoms with van der Waals surface area (Å²) in [4.78, 5) is 15.6. The minimum absolute atomic E-state index is 0.271. The molecule has 2 amide bonds. The van der Waals surface area contributed by atoms with Crippen molar-refractivity contribution in [1.82, 2.24) is 4.98 Å². The zero-order chi connectivity index (χ0) is 12.1. The molecule has 86 valence electrons. The van der Waals surface area contributed by atoms with Crippen LogP contribution in [0, 0.1) is 6.92 Å². The number of anilines is 2. The molecule has 0 aliphatic heterocycles. The maximum atomic E-state index is 11.7. The first-order chi connectivity index (χ1) is 8.25. The molecule has 1 aromatic heterocycles. The average molecular weight is 227 g/mol. The van der Waals surface area contributed by atoms with Crippen LogP contribution in [0.1, 0.15) is 5.56 Å². The van der Waals surface area contributed by atoms with E-state index in [1.807, 2.05) is 31.2 Å². The predicted molar refractivity (Wildman–Crippen MR) is 68.1 cm³/mol. The van der Waals surface area contributed by atoms with Crippen molar-refractivity contribution in [2.24, 2.45) is 0 Å². The number of aryl methyl sites for hydroxylation is 1. The molecule has 2 rings (SSSR count). The number of para-hydroxylation sites is 1. The molecule has 4 nitrogen and oxygen atoms in total. The largest absolute Gasteiger partial charge is 0.323 e. The molecule has 0 atom stereocenters. The van der Waals surface area contributed by atoms with Crippen LogP contribution in [-0.4, -0.2) is 11.0 Å². The van der Waals surface area contributed by atoms with E-state index in [0.29, 0.717) is 5.69 Å². The second kappa shape index (κ2) is 5.12. The third-order valence-corrected chi connectivity index (χ3v) is 2.31. The van der Waals surface area contributed by atoms with Crippen LogP contribution >= 0.6 is 0 Å². The van der Waals surface area contributed by atoms with Gasteiger partial charge in [0, 0.05) is 11.9 Å². The Labute approximate surface area is 99.7 Å². The van der Waals surface area contributed by atoms with Gasteiger partial charge in [0.05, 0.1) is 11.9 Å². The van der Waals surface area contributed by atoms with Crippen molar-refractivity contribution in [2.45, 2.75) is 6.92 Å². The van der Waals surface area contributed by atoms with Gasteiger partial charge in [0.25, 0.3) is 0 Å². The number of carbonyl (C=O) groups excluding carboxylic acids is 1. The van der Waals surface area contributed by atoms with Crippen molar-refractivity contribution in [3.05, 3.63) is 54.4 Å². The highest BCUT2D eigenvalue weighted by Gasteiger charge is 2.03. The van der Waals surface area contributed by atoms with Crippen molar-refractivity contribution in [3.8, 4) is 0 Å². The molecular formula is C13H13N3O. The van der Waals surface area contributed by atoms with Gasteiger partial charge in [0.1, 0.15) is 0 Å². The van der Waals surface area contributed by atoms with E-state index in [1.165, 1.54) is 0 Å². The fourth-order valence-electron chi connectivity index (χ4n) is 1.43. The highest BCUT2D eigenvalue weighted by Crippen LogP contribution is 2.13. The van der Waals surface area contributed by atoms with Crippen LogP contribution in [0.15, 0.2) is 48.8 Å². The van der Waals surface area contributed by atoms with Gasteiger partial charge >= 0.3 is 6.03 Å². The molecule has 17 heavy (non-hydrogen) atoms. The second-order valence-electron chi connectivity index (χ2n) is 3.64. The maximum absolute atomic E-state index is 11.7. The van der Waals surface area contributed by atoms with E-state index in [4.69, 9.17) is 0 Å². The zero-order valence-corrected chi connectivity index (χ0v) is 9.47. The van der Waals surface area contributed by atoms with Gasteiger partial charge in [0.2, 0.25) is 0 Å². The van der Waals surface area contributed by atoms with Crippen LogP contribution in [0.5, 0.6) is 0 Å². The SMILES string of the molecule is Cc1ccccc1NC(=O)Nc1cccnc1. The Morgan fingerprint density at radius 1 is 1.12 bits per heavy atom. The van der Waals surface area contributed by atoms with E-state index in [0.717, 1.165) is 11.3 Å². The Balaban J connectivity index is 2.01. The van der Waals surface area contributed by atoms with Crippen molar-refractivity contribution in [1.29, 1.82) is 0 Å². The van der Waals surface area contributed by atoms with Crippen molar-refractivity contribution >= 4 is 17.4 Å². The van der Waals surface area contributed by atoms with Gasteiger partial charge < -0.3 is 10.6 Å². The van der Waals surface area contributed by atoms with Gasteiger partial charge in [-0.3, -0.25) is 4.98 Å². The number of amides is 2. The molecule has 1 aromatic carbocycles. The molecule has 2 N–H and O–H groups in total. The number of hydrogen-bond donors (Lipinski definition) is 2. The number of nitrogens with zero attached hydrogens (tertiary/aromatic N) is 1. The average Bonchev–Trinajstić information content (AvgIpc) is 2.33. The normalized spacial score (nSPS) is 9.71. The molecule has 1 heterocycles. The van der Waals surface area contributed by atoms with Crippen molar-refractivity contribution < 1.29 is 4.79 Å². The topological polar surface area (TPSA) is 54.0 Å². The van der Waals surface area contributed by atoms with Crippen LogP contribution in [0.4, 0.5) is 16.2 Å². The predicted octanol–water partition coefficient (Wildman–Crippen LogP) is 3.03. The molecule has 0 aliphatic carbocycles. The van der Waals surface area contributed by atoms with E-state index in [1.54, 1.807) is 24.5 Å². The van der Waals surface area contributed by atoms with Gasteiger partial charge in [-0.2, -0.15) is 0 Å². The van der Waals surface area contributed by atoms with Gasteiger partial charge in [-0.15, -0.1) is 0 Å².